The van der Waals surface area contributed by atoms with E-state index in [0.29, 0.717) is 22.9 Å². The molecule has 24 heavy (non-hydrogen) atoms. The zero-order valence-corrected chi connectivity index (χ0v) is 14.5. The Morgan fingerprint density at radius 1 is 1.38 bits per heavy atom. The summed E-state index contributed by atoms with van der Waals surface area (Å²) in [6.45, 7) is 3.93. The number of carbonyl (C=O) groups excluding carboxylic acids is 2. The summed E-state index contributed by atoms with van der Waals surface area (Å²) in [6, 6.07) is 3.63. The fraction of sp³-hybridized carbons (Fsp3) is 0.333. The highest BCUT2D eigenvalue weighted by Crippen LogP contribution is 2.39. The normalized spacial score (nSPS) is 13.2. The van der Waals surface area contributed by atoms with Crippen LogP contribution < -0.4 is 5.32 Å². The maximum Gasteiger partial charge on any atom is 0.341 e. The number of aryl methyl sites for hydroxylation is 2. The molecule has 3 rings (SSSR count). The summed E-state index contributed by atoms with van der Waals surface area (Å²) in [6.07, 6.45) is 5.85. The minimum absolute atomic E-state index is 0.297. The third-order valence-corrected chi connectivity index (χ3v) is 5.00. The molecule has 0 bridgehead atoms. The lowest BCUT2D eigenvalue weighted by Crippen LogP contribution is -2.13. The highest BCUT2D eigenvalue weighted by Gasteiger charge is 2.27. The van der Waals surface area contributed by atoms with Gasteiger partial charge >= 0.3 is 5.97 Å². The minimum atomic E-state index is -0.363. The molecule has 0 aromatic carbocycles. The monoisotopic (exact) mass is 345 g/mol. The fourth-order valence-electron chi connectivity index (χ4n) is 2.77. The van der Waals surface area contributed by atoms with Crippen molar-refractivity contribution in [1.29, 1.82) is 0 Å². The maximum atomic E-state index is 12.3. The van der Waals surface area contributed by atoms with Gasteiger partial charge in [0, 0.05) is 11.0 Å². The number of furan rings is 1. The van der Waals surface area contributed by atoms with Gasteiger partial charge in [0.25, 0.3) is 0 Å². The molecule has 0 spiro atoms. The SMILES string of the molecule is CCOC(=O)c1c(NC(=O)C=Cc2ccc(C)o2)sc2c1CCC2. The van der Waals surface area contributed by atoms with Crippen molar-refractivity contribution in [2.75, 3.05) is 11.9 Å². The first-order valence-corrected chi connectivity index (χ1v) is 8.77. The predicted octanol–water partition coefficient (Wildman–Crippen LogP) is 3.97. The molecule has 1 aliphatic carbocycles. The van der Waals surface area contributed by atoms with Gasteiger partial charge in [0.15, 0.2) is 0 Å². The Balaban J connectivity index is 1.78. The van der Waals surface area contributed by atoms with Crippen LogP contribution in [0, 0.1) is 6.92 Å². The number of thiophene rings is 1. The van der Waals surface area contributed by atoms with Gasteiger partial charge in [0.2, 0.25) is 5.91 Å². The molecule has 0 atom stereocenters. The number of carbonyl (C=O) groups is 2. The molecule has 5 nitrogen and oxygen atoms in total. The summed E-state index contributed by atoms with van der Waals surface area (Å²) >= 11 is 1.47. The highest BCUT2D eigenvalue weighted by atomic mass is 32.1. The van der Waals surface area contributed by atoms with E-state index in [1.807, 2.05) is 13.0 Å². The van der Waals surface area contributed by atoms with Gasteiger partial charge in [0.05, 0.1) is 12.2 Å². The second kappa shape index (κ2) is 7.05. The van der Waals surface area contributed by atoms with Crippen molar-refractivity contribution in [3.8, 4) is 0 Å². The lowest BCUT2D eigenvalue weighted by molar-refractivity contribution is -0.111. The van der Waals surface area contributed by atoms with E-state index in [4.69, 9.17) is 9.15 Å². The van der Waals surface area contributed by atoms with Gasteiger partial charge in [0.1, 0.15) is 16.5 Å². The van der Waals surface area contributed by atoms with E-state index in [2.05, 4.69) is 5.32 Å². The number of nitrogens with one attached hydrogen (secondary N) is 1. The van der Waals surface area contributed by atoms with Crippen LogP contribution in [0.3, 0.4) is 0 Å². The van der Waals surface area contributed by atoms with E-state index in [0.717, 1.165) is 30.6 Å². The lowest BCUT2D eigenvalue weighted by atomic mass is 10.1. The van der Waals surface area contributed by atoms with Crippen molar-refractivity contribution in [3.05, 3.63) is 45.7 Å². The molecule has 0 saturated carbocycles. The maximum absolute atomic E-state index is 12.3. The Labute approximate surface area is 144 Å². The van der Waals surface area contributed by atoms with Crippen molar-refractivity contribution in [3.63, 3.8) is 0 Å². The van der Waals surface area contributed by atoms with Crippen LogP contribution >= 0.6 is 11.3 Å². The fourth-order valence-corrected chi connectivity index (χ4v) is 4.05. The van der Waals surface area contributed by atoms with Crippen LogP contribution in [0.1, 0.15) is 45.7 Å². The van der Waals surface area contributed by atoms with E-state index in [1.165, 1.54) is 22.3 Å². The first kappa shape index (κ1) is 16.5. The standard InChI is InChI=1S/C18H19NO4S/c1-3-22-18(21)16-13-5-4-6-14(13)24-17(16)19-15(20)10-9-12-8-7-11(2)23-12/h7-10H,3-6H2,1-2H3,(H,19,20). The molecule has 1 amide bonds. The molecule has 0 fully saturated rings. The van der Waals surface area contributed by atoms with E-state index in [9.17, 15) is 9.59 Å². The van der Waals surface area contributed by atoms with Crippen molar-refractivity contribution < 1.29 is 18.7 Å². The van der Waals surface area contributed by atoms with Gasteiger partial charge in [-0.25, -0.2) is 4.79 Å². The predicted molar refractivity (Wildman–Crippen MR) is 93.4 cm³/mol. The van der Waals surface area contributed by atoms with Gasteiger partial charge in [-0.05, 0) is 56.9 Å². The molecule has 2 aromatic heterocycles. The molecule has 126 valence electrons. The molecule has 1 aliphatic rings. The number of anilines is 1. The van der Waals surface area contributed by atoms with E-state index in [1.54, 1.807) is 19.1 Å². The number of hydrogen-bond donors (Lipinski definition) is 1. The molecule has 1 N–H and O–H groups in total. The van der Waals surface area contributed by atoms with Gasteiger partial charge < -0.3 is 14.5 Å². The Kier molecular flexibility index (Phi) is 4.85. The first-order chi connectivity index (χ1) is 11.6. The molecule has 0 unspecified atom stereocenters. The number of fused-ring (bicyclic) bond motifs is 1. The van der Waals surface area contributed by atoms with Crippen LogP contribution in [-0.4, -0.2) is 18.5 Å². The van der Waals surface area contributed by atoms with Crippen LogP contribution in [0.4, 0.5) is 5.00 Å². The van der Waals surface area contributed by atoms with Gasteiger partial charge in [-0.1, -0.05) is 0 Å². The molecule has 0 aliphatic heterocycles. The number of esters is 1. The molecule has 6 heteroatoms. The molecular weight excluding hydrogens is 326 g/mol. The number of ether oxygens (including phenoxy) is 1. The van der Waals surface area contributed by atoms with Crippen molar-refractivity contribution in [2.45, 2.75) is 33.1 Å². The Morgan fingerprint density at radius 2 is 2.21 bits per heavy atom. The second-order valence-corrected chi connectivity index (χ2v) is 6.66. The number of amides is 1. The lowest BCUT2D eigenvalue weighted by Gasteiger charge is -2.06. The van der Waals surface area contributed by atoms with Gasteiger partial charge in [-0.15, -0.1) is 11.3 Å². The highest BCUT2D eigenvalue weighted by molar-refractivity contribution is 7.17. The van der Waals surface area contributed by atoms with E-state index in [-0.39, 0.29) is 11.9 Å². The zero-order valence-electron chi connectivity index (χ0n) is 13.7. The van der Waals surface area contributed by atoms with Crippen LogP contribution in [0.15, 0.2) is 22.6 Å². The van der Waals surface area contributed by atoms with Gasteiger partial charge in [-0.3, -0.25) is 4.79 Å². The van der Waals surface area contributed by atoms with Crippen LogP contribution in [0.2, 0.25) is 0 Å². The Bertz CT molecular complexity index is 800. The molecule has 2 aromatic rings. The van der Waals surface area contributed by atoms with E-state index < -0.39 is 0 Å². The molecule has 2 heterocycles. The van der Waals surface area contributed by atoms with Crippen molar-refractivity contribution >= 4 is 34.3 Å². The quantitative estimate of drug-likeness (QED) is 0.658. The smallest absolute Gasteiger partial charge is 0.341 e. The topological polar surface area (TPSA) is 68.5 Å². The molecular formula is C18H19NO4S. The van der Waals surface area contributed by atoms with Crippen LogP contribution in [0.25, 0.3) is 6.08 Å². The van der Waals surface area contributed by atoms with Crippen LogP contribution in [0.5, 0.6) is 0 Å². The third-order valence-electron chi connectivity index (χ3n) is 3.80. The number of hydrogen-bond acceptors (Lipinski definition) is 5. The van der Waals surface area contributed by atoms with Gasteiger partial charge in [-0.2, -0.15) is 0 Å². The van der Waals surface area contributed by atoms with Crippen molar-refractivity contribution in [1.82, 2.24) is 0 Å². The Hall–Kier alpha value is -2.34. The van der Waals surface area contributed by atoms with Crippen molar-refractivity contribution in [2.24, 2.45) is 0 Å². The third kappa shape index (κ3) is 3.43. The summed E-state index contributed by atoms with van der Waals surface area (Å²) in [5, 5.41) is 3.38. The minimum Gasteiger partial charge on any atom is -0.462 e. The summed E-state index contributed by atoms with van der Waals surface area (Å²) in [7, 11) is 0. The summed E-state index contributed by atoms with van der Waals surface area (Å²) in [5.74, 6) is 0.739. The Morgan fingerprint density at radius 3 is 2.92 bits per heavy atom. The second-order valence-electron chi connectivity index (χ2n) is 5.55. The first-order valence-electron chi connectivity index (χ1n) is 7.95. The van der Waals surface area contributed by atoms with E-state index >= 15 is 0 Å². The van der Waals surface area contributed by atoms with Crippen LogP contribution in [-0.2, 0) is 22.4 Å². The zero-order chi connectivity index (χ0) is 17.1. The average Bonchev–Trinajstić information content (AvgIpc) is 3.21. The number of rotatable bonds is 5. The molecule has 0 radical (unpaired) electrons. The largest absolute Gasteiger partial charge is 0.462 e. The molecule has 0 saturated heterocycles. The summed E-state index contributed by atoms with van der Waals surface area (Å²) in [4.78, 5) is 25.6. The average molecular weight is 345 g/mol. The summed E-state index contributed by atoms with van der Waals surface area (Å²) < 4.78 is 10.5. The summed E-state index contributed by atoms with van der Waals surface area (Å²) in [5.41, 5.74) is 1.55.